The summed E-state index contributed by atoms with van der Waals surface area (Å²) in [5, 5.41) is 2.62. The first-order chi connectivity index (χ1) is 7.70. The number of hydrogen-bond donors (Lipinski definition) is 1. The molecule has 1 aliphatic rings. The fourth-order valence-corrected chi connectivity index (χ4v) is 1.73. The van der Waals surface area contributed by atoms with Crippen LogP contribution in [0.2, 0.25) is 0 Å². The summed E-state index contributed by atoms with van der Waals surface area (Å²) in [5.41, 5.74) is 2.14. The Morgan fingerprint density at radius 1 is 1.56 bits per heavy atom. The SMILES string of the molecule is CNC(=O)CC(C)c1ccc2c(c1)OOC2. The summed E-state index contributed by atoms with van der Waals surface area (Å²) in [4.78, 5) is 21.2. The summed E-state index contributed by atoms with van der Waals surface area (Å²) in [6.07, 6.45) is 0.482. The molecule has 1 unspecified atom stereocenters. The third-order valence-corrected chi connectivity index (χ3v) is 2.79. The van der Waals surface area contributed by atoms with E-state index in [0.29, 0.717) is 13.0 Å². The molecule has 0 radical (unpaired) electrons. The maximum absolute atomic E-state index is 11.3. The summed E-state index contributed by atoms with van der Waals surface area (Å²) in [7, 11) is 1.65. The van der Waals surface area contributed by atoms with Gasteiger partial charge >= 0.3 is 0 Å². The summed E-state index contributed by atoms with van der Waals surface area (Å²) < 4.78 is 0. The standard InChI is InChI=1S/C12H15NO3/c1-8(5-12(14)13-2)9-3-4-10-7-15-16-11(10)6-9/h3-4,6,8H,5,7H2,1-2H3,(H,13,14). The molecule has 0 aromatic heterocycles. The van der Waals surface area contributed by atoms with Crippen LogP contribution < -0.4 is 10.2 Å². The molecule has 1 aromatic rings. The van der Waals surface area contributed by atoms with Crippen LogP contribution >= 0.6 is 0 Å². The molecule has 4 nitrogen and oxygen atoms in total. The van der Waals surface area contributed by atoms with E-state index in [1.54, 1.807) is 7.05 Å². The van der Waals surface area contributed by atoms with Gasteiger partial charge < -0.3 is 10.2 Å². The molecule has 16 heavy (non-hydrogen) atoms. The van der Waals surface area contributed by atoms with Crippen molar-refractivity contribution in [3.05, 3.63) is 29.3 Å². The van der Waals surface area contributed by atoms with Crippen LogP contribution in [0.5, 0.6) is 5.75 Å². The summed E-state index contributed by atoms with van der Waals surface area (Å²) in [6.45, 7) is 2.52. The molecule has 1 aromatic carbocycles. The van der Waals surface area contributed by atoms with Crippen molar-refractivity contribution in [3.63, 3.8) is 0 Å². The zero-order valence-electron chi connectivity index (χ0n) is 9.45. The van der Waals surface area contributed by atoms with E-state index >= 15 is 0 Å². The van der Waals surface area contributed by atoms with Crippen molar-refractivity contribution in [1.82, 2.24) is 5.32 Å². The van der Waals surface area contributed by atoms with Gasteiger partial charge in [-0.3, -0.25) is 4.79 Å². The highest BCUT2D eigenvalue weighted by Crippen LogP contribution is 2.30. The number of amides is 1. The fourth-order valence-electron chi connectivity index (χ4n) is 1.73. The van der Waals surface area contributed by atoms with E-state index < -0.39 is 0 Å². The van der Waals surface area contributed by atoms with Gasteiger partial charge in [0.05, 0.1) is 0 Å². The highest BCUT2D eigenvalue weighted by molar-refractivity contribution is 5.76. The number of carbonyl (C=O) groups is 1. The van der Waals surface area contributed by atoms with Gasteiger partial charge in [0.2, 0.25) is 5.91 Å². The van der Waals surface area contributed by atoms with E-state index in [4.69, 9.17) is 9.78 Å². The normalized spacial score (nSPS) is 15.1. The molecule has 1 amide bonds. The lowest BCUT2D eigenvalue weighted by Gasteiger charge is -2.11. The molecule has 0 bridgehead atoms. The summed E-state index contributed by atoms with van der Waals surface area (Å²) >= 11 is 0. The third kappa shape index (κ3) is 2.17. The topological polar surface area (TPSA) is 47.6 Å². The highest BCUT2D eigenvalue weighted by atomic mass is 17.2. The molecule has 1 N–H and O–H groups in total. The Bertz CT molecular complexity index is 403. The van der Waals surface area contributed by atoms with Crippen LogP contribution in [-0.2, 0) is 16.3 Å². The van der Waals surface area contributed by atoms with Crippen LogP contribution in [0.1, 0.15) is 30.4 Å². The van der Waals surface area contributed by atoms with Crippen LogP contribution in [-0.4, -0.2) is 13.0 Å². The van der Waals surface area contributed by atoms with Gasteiger partial charge in [0.1, 0.15) is 6.61 Å². The van der Waals surface area contributed by atoms with Crippen LogP contribution in [0.15, 0.2) is 18.2 Å². The van der Waals surface area contributed by atoms with Gasteiger partial charge in [-0.2, -0.15) is 4.89 Å². The Balaban J connectivity index is 2.12. The number of hydrogen-bond acceptors (Lipinski definition) is 3. The van der Waals surface area contributed by atoms with Crippen molar-refractivity contribution in [2.45, 2.75) is 25.9 Å². The van der Waals surface area contributed by atoms with Gasteiger partial charge in [0.15, 0.2) is 5.75 Å². The van der Waals surface area contributed by atoms with E-state index in [1.165, 1.54) is 0 Å². The quantitative estimate of drug-likeness (QED) is 0.791. The molecule has 0 fully saturated rings. The van der Waals surface area contributed by atoms with Gasteiger partial charge in [0.25, 0.3) is 0 Å². The van der Waals surface area contributed by atoms with Gasteiger partial charge in [-0.15, -0.1) is 0 Å². The monoisotopic (exact) mass is 221 g/mol. The maximum atomic E-state index is 11.3. The van der Waals surface area contributed by atoms with E-state index in [2.05, 4.69) is 5.32 Å². The van der Waals surface area contributed by atoms with Crippen LogP contribution in [0, 0.1) is 0 Å². The minimum atomic E-state index is 0.0465. The minimum absolute atomic E-state index is 0.0465. The van der Waals surface area contributed by atoms with Crippen molar-refractivity contribution in [2.75, 3.05) is 7.05 Å². The van der Waals surface area contributed by atoms with Gasteiger partial charge in [-0.25, -0.2) is 0 Å². The third-order valence-electron chi connectivity index (χ3n) is 2.79. The second kappa shape index (κ2) is 4.53. The average molecular weight is 221 g/mol. The van der Waals surface area contributed by atoms with E-state index in [-0.39, 0.29) is 11.8 Å². The molecule has 1 aliphatic heterocycles. The van der Waals surface area contributed by atoms with Crippen molar-refractivity contribution in [1.29, 1.82) is 0 Å². The zero-order chi connectivity index (χ0) is 11.5. The molecule has 86 valence electrons. The van der Waals surface area contributed by atoms with Crippen LogP contribution in [0.25, 0.3) is 0 Å². The summed E-state index contributed by atoms with van der Waals surface area (Å²) in [6, 6.07) is 5.94. The second-order valence-corrected chi connectivity index (χ2v) is 3.99. The number of rotatable bonds is 3. The van der Waals surface area contributed by atoms with E-state index in [0.717, 1.165) is 16.9 Å². The second-order valence-electron chi connectivity index (χ2n) is 3.99. The lowest BCUT2D eigenvalue weighted by atomic mass is 9.96. The van der Waals surface area contributed by atoms with Crippen molar-refractivity contribution in [3.8, 4) is 5.75 Å². The van der Waals surface area contributed by atoms with Crippen molar-refractivity contribution in [2.24, 2.45) is 0 Å². The molecular formula is C12H15NO3. The lowest BCUT2D eigenvalue weighted by molar-refractivity contribution is -0.194. The van der Waals surface area contributed by atoms with Crippen LogP contribution in [0.4, 0.5) is 0 Å². The number of carbonyl (C=O) groups excluding carboxylic acids is 1. The smallest absolute Gasteiger partial charge is 0.220 e. The molecule has 4 heteroatoms. The van der Waals surface area contributed by atoms with Gasteiger partial charge in [0, 0.05) is 19.0 Å². The molecule has 0 saturated heterocycles. The van der Waals surface area contributed by atoms with Crippen molar-refractivity contribution < 1.29 is 14.6 Å². The predicted octanol–water partition coefficient (Wildman–Crippen LogP) is 1.75. The molecule has 0 saturated carbocycles. The van der Waals surface area contributed by atoms with E-state index in [1.807, 2.05) is 25.1 Å². The summed E-state index contributed by atoms with van der Waals surface area (Å²) in [5.74, 6) is 0.987. The largest absolute Gasteiger partial charge is 0.359 e. The Morgan fingerprint density at radius 2 is 2.38 bits per heavy atom. The molecule has 2 rings (SSSR count). The first-order valence-electron chi connectivity index (χ1n) is 5.33. The highest BCUT2D eigenvalue weighted by Gasteiger charge is 2.17. The number of nitrogens with one attached hydrogen (secondary N) is 1. The lowest BCUT2D eigenvalue weighted by Crippen LogP contribution is -2.19. The molecular weight excluding hydrogens is 206 g/mol. The first-order valence-corrected chi connectivity index (χ1v) is 5.33. The minimum Gasteiger partial charge on any atom is -0.359 e. The van der Waals surface area contributed by atoms with E-state index in [9.17, 15) is 4.79 Å². The Labute approximate surface area is 94.5 Å². The Morgan fingerprint density at radius 3 is 3.12 bits per heavy atom. The number of fused-ring (bicyclic) bond motifs is 1. The average Bonchev–Trinajstić information content (AvgIpc) is 2.75. The predicted molar refractivity (Wildman–Crippen MR) is 59.0 cm³/mol. The first kappa shape index (κ1) is 11.0. The zero-order valence-corrected chi connectivity index (χ0v) is 9.45. The van der Waals surface area contributed by atoms with Crippen molar-refractivity contribution >= 4 is 5.91 Å². The number of benzene rings is 1. The maximum Gasteiger partial charge on any atom is 0.220 e. The van der Waals surface area contributed by atoms with Crippen LogP contribution in [0.3, 0.4) is 0 Å². The fraction of sp³-hybridized carbons (Fsp3) is 0.417. The van der Waals surface area contributed by atoms with Gasteiger partial charge in [-0.05, 0) is 17.5 Å². The Kier molecular flexibility index (Phi) is 3.10. The molecule has 0 aliphatic carbocycles. The molecule has 0 spiro atoms. The van der Waals surface area contributed by atoms with Gasteiger partial charge in [-0.1, -0.05) is 19.1 Å². The molecule has 1 heterocycles. The Hall–Kier alpha value is -1.55. The molecule has 1 atom stereocenters.